The Kier molecular flexibility index (Phi) is 6.86. The van der Waals surface area contributed by atoms with Crippen LogP contribution in [0.2, 0.25) is 10.0 Å². The predicted molar refractivity (Wildman–Crippen MR) is 134 cm³/mol. The van der Waals surface area contributed by atoms with Gasteiger partial charge in [-0.3, -0.25) is 4.79 Å². The van der Waals surface area contributed by atoms with Crippen LogP contribution in [0.4, 0.5) is 17.1 Å². The van der Waals surface area contributed by atoms with Gasteiger partial charge in [-0.25, -0.2) is 0 Å². The second-order valence-electron chi connectivity index (χ2n) is 7.16. The number of halogens is 2. The van der Waals surface area contributed by atoms with Gasteiger partial charge >= 0.3 is 0 Å². The number of azo groups is 1. The van der Waals surface area contributed by atoms with E-state index in [-0.39, 0.29) is 17.0 Å². The number of carbonyl (C=O) groups excluding carboxylic acids is 1. The molecule has 4 aromatic carbocycles. The lowest BCUT2D eigenvalue weighted by Crippen LogP contribution is -2.13. The van der Waals surface area contributed by atoms with Crippen molar-refractivity contribution in [3.8, 4) is 17.2 Å². The Morgan fingerprint density at radius 1 is 0.941 bits per heavy atom. The van der Waals surface area contributed by atoms with Crippen molar-refractivity contribution in [2.24, 2.45) is 10.2 Å². The molecule has 0 heterocycles. The van der Waals surface area contributed by atoms with Gasteiger partial charge in [-0.2, -0.15) is 0 Å². The van der Waals surface area contributed by atoms with E-state index < -0.39 is 5.91 Å². The highest BCUT2D eigenvalue weighted by Crippen LogP contribution is 2.41. The van der Waals surface area contributed by atoms with Crippen LogP contribution in [0.3, 0.4) is 0 Å². The van der Waals surface area contributed by atoms with E-state index in [9.17, 15) is 9.90 Å². The molecule has 0 aliphatic heterocycles. The number of phenolic OH excluding ortho intramolecular Hbond substituents is 1. The number of hydrogen-bond donors (Lipinski definition) is 2. The Morgan fingerprint density at radius 3 is 2.50 bits per heavy atom. The molecule has 0 aliphatic carbocycles. The maximum absolute atomic E-state index is 13.2. The monoisotopic (exact) mass is 495 g/mol. The van der Waals surface area contributed by atoms with Crippen LogP contribution in [0.25, 0.3) is 10.8 Å². The number of carbonyl (C=O) groups is 1. The Morgan fingerprint density at radius 2 is 1.74 bits per heavy atom. The molecule has 0 fully saturated rings. The molecule has 0 saturated heterocycles. The van der Waals surface area contributed by atoms with Gasteiger partial charge in [0, 0.05) is 16.5 Å². The van der Waals surface area contributed by atoms with Crippen LogP contribution < -0.4 is 14.8 Å². The van der Waals surface area contributed by atoms with Gasteiger partial charge in [-0.05, 0) is 41.8 Å². The molecule has 0 unspecified atom stereocenters. The molecule has 9 heteroatoms. The third kappa shape index (κ3) is 4.76. The maximum Gasteiger partial charge on any atom is 0.259 e. The number of aromatic hydroxyl groups is 1. The molecule has 0 spiro atoms. The molecule has 4 aromatic rings. The minimum absolute atomic E-state index is 0.00899. The first kappa shape index (κ1) is 23.4. The molecule has 0 bridgehead atoms. The summed E-state index contributed by atoms with van der Waals surface area (Å²) in [4.78, 5) is 13.2. The molecule has 7 nitrogen and oxygen atoms in total. The Labute approximate surface area is 205 Å². The molecule has 0 atom stereocenters. The van der Waals surface area contributed by atoms with Crippen LogP contribution in [0.1, 0.15) is 10.4 Å². The summed E-state index contributed by atoms with van der Waals surface area (Å²) in [6.45, 7) is 0. The number of nitrogens with zero attached hydrogens (tertiary/aromatic N) is 2. The molecule has 0 aromatic heterocycles. The lowest BCUT2D eigenvalue weighted by Gasteiger charge is -2.14. The van der Waals surface area contributed by atoms with Crippen molar-refractivity contribution in [3.63, 3.8) is 0 Å². The summed E-state index contributed by atoms with van der Waals surface area (Å²) in [5, 5.41) is 24.3. The number of benzene rings is 4. The van der Waals surface area contributed by atoms with E-state index in [0.29, 0.717) is 43.7 Å². The summed E-state index contributed by atoms with van der Waals surface area (Å²) in [5.41, 5.74) is 0.841. The topological polar surface area (TPSA) is 92.5 Å². The van der Waals surface area contributed by atoms with Crippen LogP contribution in [-0.2, 0) is 0 Å². The van der Waals surface area contributed by atoms with Gasteiger partial charge in [-0.15, -0.1) is 10.2 Å². The second-order valence-corrected chi connectivity index (χ2v) is 8.00. The third-order valence-corrected chi connectivity index (χ3v) is 5.62. The Balaban J connectivity index is 1.79. The number of phenols is 1. The first-order valence-electron chi connectivity index (χ1n) is 10.1. The number of hydrogen-bond acceptors (Lipinski definition) is 6. The summed E-state index contributed by atoms with van der Waals surface area (Å²) in [6, 6.07) is 18.6. The Hall–Kier alpha value is -3.81. The highest BCUT2D eigenvalue weighted by atomic mass is 35.5. The first-order valence-corrected chi connectivity index (χ1v) is 10.8. The van der Waals surface area contributed by atoms with Gasteiger partial charge in [0.15, 0.2) is 5.75 Å². The number of nitrogens with one attached hydrogen (secondary N) is 1. The van der Waals surface area contributed by atoms with Crippen molar-refractivity contribution in [2.75, 3.05) is 19.5 Å². The van der Waals surface area contributed by atoms with E-state index >= 15 is 0 Å². The molecule has 2 N–H and O–H groups in total. The smallest absolute Gasteiger partial charge is 0.259 e. The summed E-state index contributed by atoms with van der Waals surface area (Å²) in [6.07, 6.45) is 0. The quantitative estimate of drug-likeness (QED) is 0.270. The van der Waals surface area contributed by atoms with Crippen molar-refractivity contribution in [1.82, 2.24) is 0 Å². The normalized spacial score (nSPS) is 11.1. The van der Waals surface area contributed by atoms with Gasteiger partial charge < -0.3 is 19.9 Å². The van der Waals surface area contributed by atoms with Gasteiger partial charge in [0.05, 0.1) is 30.5 Å². The van der Waals surface area contributed by atoms with E-state index in [1.807, 2.05) is 12.1 Å². The zero-order valence-corrected chi connectivity index (χ0v) is 19.7. The van der Waals surface area contributed by atoms with Crippen LogP contribution in [0.15, 0.2) is 77.0 Å². The summed E-state index contributed by atoms with van der Waals surface area (Å²) in [5.74, 6) is 0.0728. The number of fused-ring (bicyclic) bond motifs is 1. The number of methoxy groups -OCH3 is 2. The van der Waals surface area contributed by atoms with E-state index in [0.717, 1.165) is 0 Å². The minimum atomic E-state index is -0.563. The van der Waals surface area contributed by atoms with Gasteiger partial charge in [0.2, 0.25) is 0 Å². The van der Waals surface area contributed by atoms with E-state index in [2.05, 4.69) is 15.5 Å². The molecule has 4 rings (SSSR count). The summed E-state index contributed by atoms with van der Waals surface area (Å²) >= 11 is 12.2. The predicted octanol–water partition coefficient (Wildman–Crippen LogP) is 7.54. The summed E-state index contributed by atoms with van der Waals surface area (Å²) in [7, 11) is 3.01. The average molecular weight is 496 g/mol. The van der Waals surface area contributed by atoms with Crippen LogP contribution in [0, 0.1) is 0 Å². The third-order valence-electron chi connectivity index (χ3n) is 5.06. The second kappa shape index (κ2) is 9.99. The van der Waals surface area contributed by atoms with E-state index in [1.54, 1.807) is 54.6 Å². The van der Waals surface area contributed by atoms with Crippen molar-refractivity contribution in [1.29, 1.82) is 0 Å². The van der Waals surface area contributed by atoms with Crippen molar-refractivity contribution < 1.29 is 19.4 Å². The van der Waals surface area contributed by atoms with Crippen LogP contribution >= 0.6 is 23.2 Å². The van der Waals surface area contributed by atoms with Crippen molar-refractivity contribution in [3.05, 3.63) is 82.3 Å². The maximum atomic E-state index is 13.2. The highest BCUT2D eigenvalue weighted by Gasteiger charge is 2.20. The SMILES string of the molecule is COc1ccc(OC)c(NC(=O)c2cc3ccccc3c(N=Nc3cc(Cl)ccc3Cl)c2O)c1. The first-order chi connectivity index (χ1) is 16.4. The number of anilines is 1. The molecule has 0 saturated carbocycles. The van der Waals surface area contributed by atoms with E-state index in [1.165, 1.54) is 14.2 Å². The zero-order valence-electron chi connectivity index (χ0n) is 18.2. The molecule has 172 valence electrons. The fourth-order valence-electron chi connectivity index (χ4n) is 3.36. The zero-order chi connectivity index (χ0) is 24.2. The average Bonchev–Trinajstić information content (AvgIpc) is 2.85. The Bertz CT molecular complexity index is 1420. The van der Waals surface area contributed by atoms with Crippen molar-refractivity contribution >= 4 is 56.9 Å². The molecule has 1 amide bonds. The van der Waals surface area contributed by atoms with Gasteiger partial charge in [-0.1, -0.05) is 47.5 Å². The number of ether oxygens (including phenoxy) is 2. The molecule has 0 aliphatic rings. The minimum Gasteiger partial charge on any atom is -0.505 e. The number of amides is 1. The standard InChI is InChI=1S/C25H19Cl2N3O4/c1-33-16-8-10-22(34-2)21(13-16)28-25(32)18-11-14-5-3-4-6-17(14)23(24(18)31)30-29-20-12-15(26)7-9-19(20)27/h3-13,31H,1-2H3,(H,28,32). The summed E-state index contributed by atoms with van der Waals surface area (Å²) < 4.78 is 10.6. The number of rotatable bonds is 6. The fraction of sp³-hybridized carbons (Fsp3) is 0.0800. The molecular weight excluding hydrogens is 477 g/mol. The molecule has 0 radical (unpaired) electrons. The fourth-order valence-corrected chi connectivity index (χ4v) is 3.68. The lowest BCUT2D eigenvalue weighted by molar-refractivity contribution is 0.102. The van der Waals surface area contributed by atoms with E-state index in [4.69, 9.17) is 32.7 Å². The van der Waals surface area contributed by atoms with Crippen molar-refractivity contribution in [2.45, 2.75) is 0 Å². The van der Waals surface area contributed by atoms with Gasteiger partial charge in [0.1, 0.15) is 22.9 Å². The van der Waals surface area contributed by atoms with Crippen LogP contribution in [-0.4, -0.2) is 25.2 Å². The molecule has 34 heavy (non-hydrogen) atoms. The molecular formula is C25H19Cl2N3O4. The lowest BCUT2D eigenvalue weighted by atomic mass is 10.0. The highest BCUT2D eigenvalue weighted by molar-refractivity contribution is 6.35. The van der Waals surface area contributed by atoms with Gasteiger partial charge in [0.25, 0.3) is 5.91 Å². The van der Waals surface area contributed by atoms with Crippen LogP contribution in [0.5, 0.6) is 17.2 Å². The largest absolute Gasteiger partial charge is 0.505 e.